The number of hydrogen-bond donors (Lipinski definition) is 0. The Labute approximate surface area is 156 Å². The summed E-state index contributed by atoms with van der Waals surface area (Å²) in [5.74, 6) is 2.47. The van der Waals surface area contributed by atoms with Gasteiger partial charge in [-0.05, 0) is 19.1 Å². The van der Waals surface area contributed by atoms with Crippen molar-refractivity contribution in [2.24, 2.45) is 7.05 Å². The number of benzene rings is 1. The molecule has 0 N–H and O–H groups in total. The molecule has 3 aromatic rings. The van der Waals surface area contributed by atoms with Crippen LogP contribution in [0.15, 0.2) is 34.7 Å². The normalized spacial score (nSPS) is 14.6. The second-order valence-corrected chi connectivity index (χ2v) is 6.52. The van der Waals surface area contributed by atoms with Gasteiger partial charge in [0.15, 0.2) is 0 Å². The van der Waals surface area contributed by atoms with Crippen LogP contribution in [0.3, 0.4) is 0 Å². The standard InChI is InChI=1S/C18H21N7O2/c1-13-19-22-18(23(13)2)25-10-8-24(9-11-25)16(26)12-15-20-21-17(27-15)14-6-4-3-5-7-14/h3-7H,8-12H2,1-2H3. The molecule has 27 heavy (non-hydrogen) atoms. The number of carbonyl (C=O) groups excluding carboxylic acids is 1. The van der Waals surface area contributed by atoms with Crippen molar-refractivity contribution in [1.29, 1.82) is 0 Å². The molecular weight excluding hydrogens is 346 g/mol. The molecule has 0 bridgehead atoms. The van der Waals surface area contributed by atoms with Crippen molar-refractivity contribution in [3.8, 4) is 11.5 Å². The van der Waals surface area contributed by atoms with Crippen LogP contribution >= 0.6 is 0 Å². The third-order valence-corrected chi connectivity index (χ3v) is 4.77. The molecule has 0 spiro atoms. The minimum atomic E-state index is -0.00735. The van der Waals surface area contributed by atoms with Gasteiger partial charge in [0.25, 0.3) is 0 Å². The van der Waals surface area contributed by atoms with Gasteiger partial charge >= 0.3 is 0 Å². The maximum atomic E-state index is 12.6. The molecule has 1 aliphatic heterocycles. The molecule has 0 unspecified atom stereocenters. The summed E-state index contributed by atoms with van der Waals surface area (Å²) in [5, 5.41) is 16.3. The Bertz CT molecular complexity index is 926. The fraction of sp³-hybridized carbons (Fsp3) is 0.389. The van der Waals surface area contributed by atoms with Crippen LogP contribution in [0.5, 0.6) is 0 Å². The van der Waals surface area contributed by atoms with Crippen LogP contribution in [0.2, 0.25) is 0 Å². The zero-order valence-corrected chi connectivity index (χ0v) is 15.4. The molecule has 140 valence electrons. The Kier molecular flexibility index (Phi) is 4.57. The summed E-state index contributed by atoms with van der Waals surface area (Å²) in [5.41, 5.74) is 0.844. The molecule has 0 aliphatic carbocycles. The molecule has 1 amide bonds. The van der Waals surface area contributed by atoms with E-state index >= 15 is 0 Å². The van der Waals surface area contributed by atoms with Crippen LogP contribution in [0.4, 0.5) is 5.95 Å². The number of aryl methyl sites for hydroxylation is 1. The summed E-state index contributed by atoms with van der Waals surface area (Å²) >= 11 is 0. The highest BCUT2D eigenvalue weighted by Gasteiger charge is 2.25. The van der Waals surface area contributed by atoms with E-state index in [1.807, 2.05) is 53.8 Å². The molecule has 9 heteroatoms. The summed E-state index contributed by atoms with van der Waals surface area (Å²) < 4.78 is 7.60. The van der Waals surface area contributed by atoms with Gasteiger partial charge < -0.3 is 18.8 Å². The fourth-order valence-electron chi connectivity index (χ4n) is 3.09. The highest BCUT2D eigenvalue weighted by atomic mass is 16.4. The van der Waals surface area contributed by atoms with Crippen LogP contribution in [-0.2, 0) is 18.3 Å². The monoisotopic (exact) mass is 367 g/mol. The van der Waals surface area contributed by atoms with E-state index in [1.165, 1.54) is 0 Å². The van der Waals surface area contributed by atoms with Crippen molar-refractivity contribution < 1.29 is 9.21 Å². The second-order valence-electron chi connectivity index (χ2n) is 6.52. The number of carbonyl (C=O) groups is 1. The molecule has 0 atom stereocenters. The molecule has 1 fully saturated rings. The van der Waals surface area contributed by atoms with Gasteiger partial charge in [-0.15, -0.1) is 20.4 Å². The lowest BCUT2D eigenvalue weighted by atomic mass is 10.2. The first-order valence-corrected chi connectivity index (χ1v) is 8.88. The lowest BCUT2D eigenvalue weighted by molar-refractivity contribution is -0.131. The number of aromatic nitrogens is 5. The van der Waals surface area contributed by atoms with Crippen LogP contribution in [0.1, 0.15) is 11.7 Å². The third-order valence-electron chi connectivity index (χ3n) is 4.77. The van der Waals surface area contributed by atoms with E-state index in [4.69, 9.17) is 4.42 Å². The molecule has 1 saturated heterocycles. The minimum absolute atomic E-state index is 0.00735. The van der Waals surface area contributed by atoms with Crippen LogP contribution < -0.4 is 4.90 Å². The predicted octanol–water partition coefficient (Wildman–Crippen LogP) is 1.06. The first-order valence-electron chi connectivity index (χ1n) is 8.88. The van der Waals surface area contributed by atoms with Gasteiger partial charge in [-0.1, -0.05) is 18.2 Å². The SMILES string of the molecule is Cc1nnc(N2CCN(C(=O)Cc3nnc(-c4ccccc4)o3)CC2)n1C. The van der Waals surface area contributed by atoms with Gasteiger partial charge in [0.05, 0.1) is 0 Å². The topological polar surface area (TPSA) is 93.2 Å². The number of hydrogen-bond acceptors (Lipinski definition) is 7. The smallest absolute Gasteiger partial charge is 0.247 e. The molecule has 0 saturated carbocycles. The number of piperazine rings is 1. The zero-order chi connectivity index (χ0) is 18.8. The molecule has 3 heterocycles. The molecule has 2 aromatic heterocycles. The molecule has 1 aromatic carbocycles. The number of nitrogens with zero attached hydrogens (tertiary/aromatic N) is 7. The van der Waals surface area contributed by atoms with Crippen molar-refractivity contribution in [3.05, 3.63) is 42.0 Å². The molecule has 9 nitrogen and oxygen atoms in total. The largest absolute Gasteiger partial charge is 0.420 e. The van der Waals surface area contributed by atoms with Crippen molar-refractivity contribution in [3.63, 3.8) is 0 Å². The summed E-state index contributed by atoms with van der Waals surface area (Å²) in [6, 6.07) is 9.52. The van der Waals surface area contributed by atoms with E-state index in [2.05, 4.69) is 25.3 Å². The minimum Gasteiger partial charge on any atom is -0.420 e. The van der Waals surface area contributed by atoms with Crippen molar-refractivity contribution in [2.45, 2.75) is 13.3 Å². The Hall–Kier alpha value is -3.23. The Morgan fingerprint density at radius 3 is 2.44 bits per heavy atom. The van der Waals surface area contributed by atoms with Crippen molar-refractivity contribution in [1.82, 2.24) is 29.9 Å². The lowest BCUT2D eigenvalue weighted by Gasteiger charge is -2.34. The number of anilines is 1. The summed E-state index contributed by atoms with van der Waals surface area (Å²) in [6.45, 7) is 4.62. The zero-order valence-electron chi connectivity index (χ0n) is 15.4. The van der Waals surface area contributed by atoms with E-state index in [-0.39, 0.29) is 12.3 Å². The van der Waals surface area contributed by atoms with E-state index < -0.39 is 0 Å². The Morgan fingerprint density at radius 2 is 1.78 bits per heavy atom. The highest BCUT2D eigenvalue weighted by Crippen LogP contribution is 2.18. The fourth-order valence-corrected chi connectivity index (χ4v) is 3.09. The molecule has 4 rings (SSSR count). The van der Waals surface area contributed by atoms with Crippen molar-refractivity contribution in [2.75, 3.05) is 31.1 Å². The lowest BCUT2D eigenvalue weighted by Crippen LogP contribution is -2.49. The van der Waals surface area contributed by atoms with Gasteiger partial charge in [0.1, 0.15) is 12.2 Å². The Morgan fingerprint density at radius 1 is 1.04 bits per heavy atom. The van der Waals surface area contributed by atoms with Crippen LogP contribution in [0, 0.1) is 6.92 Å². The van der Waals surface area contributed by atoms with Crippen LogP contribution in [-0.4, -0.2) is 61.9 Å². The third kappa shape index (κ3) is 3.53. The van der Waals surface area contributed by atoms with Gasteiger partial charge in [-0.3, -0.25) is 4.79 Å². The van der Waals surface area contributed by atoms with Gasteiger partial charge in [0.2, 0.25) is 23.6 Å². The van der Waals surface area contributed by atoms with E-state index in [0.29, 0.717) is 24.9 Å². The average Bonchev–Trinajstić information content (AvgIpc) is 3.30. The summed E-state index contributed by atoms with van der Waals surface area (Å²) in [7, 11) is 1.95. The highest BCUT2D eigenvalue weighted by molar-refractivity contribution is 5.78. The first kappa shape index (κ1) is 17.2. The number of amides is 1. The predicted molar refractivity (Wildman–Crippen MR) is 98.0 cm³/mol. The van der Waals surface area contributed by atoms with Crippen molar-refractivity contribution >= 4 is 11.9 Å². The average molecular weight is 367 g/mol. The van der Waals surface area contributed by atoms with Crippen LogP contribution in [0.25, 0.3) is 11.5 Å². The second kappa shape index (κ2) is 7.18. The molecular formula is C18H21N7O2. The van der Waals surface area contributed by atoms with E-state index in [1.54, 1.807) is 0 Å². The summed E-state index contributed by atoms with van der Waals surface area (Å²) in [6.07, 6.45) is 0.114. The summed E-state index contributed by atoms with van der Waals surface area (Å²) in [4.78, 5) is 16.5. The van der Waals surface area contributed by atoms with E-state index in [9.17, 15) is 4.79 Å². The molecule has 0 radical (unpaired) electrons. The van der Waals surface area contributed by atoms with E-state index in [0.717, 1.165) is 30.4 Å². The van der Waals surface area contributed by atoms with Gasteiger partial charge in [-0.2, -0.15) is 0 Å². The molecule has 1 aliphatic rings. The quantitative estimate of drug-likeness (QED) is 0.681. The maximum Gasteiger partial charge on any atom is 0.247 e. The van der Waals surface area contributed by atoms with Gasteiger partial charge in [0, 0.05) is 38.8 Å². The number of rotatable bonds is 4. The first-order chi connectivity index (χ1) is 13.1. The maximum absolute atomic E-state index is 12.6. The Balaban J connectivity index is 1.35. The van der Waals surface area contributed by atoms with Gasteiger partial charge in [-0.25, -0.2) is 0 Å².